The van der Waals surface area contributed by atoms with Gasteiger partial charge >= 0.3 is 0 Å². The Morgan fingerprint density at radius 3 is 2.40 bits per heavy atom. The summed E-state index contributed by atoms with van der Waals surface area (Å²) in [7, 11) is 0. The van der Waals surface area contributed by atoms with Crippen molar-refractivity contribution in [3.8, 4) is 17.0 Å². The van der Waals surface area contributed by atoms with Gasteiger partial charge in [0, 0.05) is 44.5 Å². The normalized spacial score (nSPS) is 14.7. The van der Waals surface area contributed by atoms with Crippen molar-refractivity contribution in [2.45, 2.75) is 51.4 Å². The van der Waals surface area contributed by atoms with Crippen LogP contribution in [0.3, 0.4) is 0 Å². The molecule has 0 atom stereocenters. The van der Waals surface area contributed by atoms with Crippen molar-refractivity contribution in [2.75, 3.05) is 0 Å². The Labute approximate surface area is 262 Å². The van der Waals surface area contributed by atoms with Crippen molar-refractivity contribution in [3.63, 3.8) is 0 Å². The molecule has 0 aliphatic heterocycles. The first-order chi connectivity index (χ1) is 20.2. The van der Waals surface area contributed by atoms with E-state index in [-0.39, 0.29) is 50.4 Å². The van der Waals surface area contributed by atoms with Gasteiger partial charge in [-0.15, -0.1) is 17.7 Å². The summed E-state index contributed by atoms with van der Waals surface area (Å²) in [6.07, 6.45) is 2.81. The first-order valence-corrected chi connectivity index (χ1v) is 14.1. The predicted molar refractivity (Wildman–Crippen MR) is 162 cm³/mol. The molecule has 7 heteroatoms. The van der Waals surface area contributed by atoms with Crippen LogP contribution in [-0.4, -0.2) is 21.8 Å². The summed E-state index contributed by atoms with van der Waals surface area (Å²) in [6, 6.07) is 28.4. The fourth-order valence-corrected chi connectivity index (χ4v) is 5.86. The van der Waals surface area contributed by atoms with Crippen molar-refractivity contribution in [3.05, 3.63) is 108 Å². The Bertz CT molecular complexity index is 1940. The number of phenols is 1. The number of fused-ring (bicyclic) bond motifs is 4. The van der Waals surface area contributed by atoms with Gasteiger partial charge in [0.1, 0.15) is 11.3 Å². The monoisotopic (exact) mass is 755 g/mol. The number of alkyl halides is 2. The number of furan rings is 1. The molecule has 1 aliphatic rings. The first-order valence-electron chi connectivity index (χ1n) is 14.1. The maximum Gasteiger partial charge on any atom is 0.248 e. The van der Waals surface area contributed by atoms with Gasteiger partial charge in [-0.1, -0.05) is 66.4 Å². The van der Waals surface area contributed by atoms with Gasteiger partial charge in [0.15, 0.2) is 5.78 Å². The Morgan fingerprint density at radius 2 is 1.67 bits per heavy atom. The van der Waals surface area contributed by atoms with Crippen LogP contribution in [0, 0.1) is 13.0 Å². The van der Waals surface area contributed by atoms with Gasteiger partial charge < -0.3 is 14.5 Å². The number of Topliss-reactive ketones (excluding diaryl/α,β-unsaturated/α-hetero) is 1. The molecule has 0 amide bonds. The topological polar surface area (TPSA) is 63.3 Å². The molecule has 2 heterocycles. The van der Waals surface area contributed by atoms with E-state index in [1.165, 1.54) is 13.0 Å². The third-order valence-electron chi connectivity index (χ3n) is 8.04. The third kappa shape index (κ3) is 6.24. The zero-order valence-corrected chi connectivity index (χ0v) is 26.2. The molecule has 4 nitrogen and oxygen atoms in total. The maximum atomic E-state index is 13.6. The van der Waals surface area contributed by atoms with E-state index in [9.17, 15) is 13.6 Å². The zero-order valence-electron chi connectivity index (χ0n) is 23.8. The molecule has 43 heavy (non-hydrogen) atoms. The van der Waals surface area contributed by atoms with Crippen LogP contribution >= 0.6 is 0 Å². The van der Waals surface area contributed by atoms with Crippen LogP contribution in [0.4, 0.5) is 8.78 Å². The fourth-order valence-electron chi connectivity index (χ4n) is 5.86. The summed E-state index contributed by atoms with van der Waals surface area (Å²) >= 11 is 0. The molecule has 1 saturated carbocycles. The van der Waals surface area contributed by atoms with Gasteiger partial charge in [-0.2, -0.15) is 0 Å². The van der Waals surface area contributed by atoms with Gasteiger partial charge in [-0.3, -0.25) is 4.79 Å². The average molecular weight is 755 g/mol. The molecule has 0 saturated heterocycles. The van der Waals surface area contributed by atoms with E-state index in [0.29, 0.717) is 18.4 Å². The molecule has 0 unspecified atom stereocenters. The van der Waals surface area contributed by atoms with Gasteiger partial charge in [0.2, 0.25) is 5.92 Å². The number of aromatic hydroxyl groups is 1. The Balaban J connectivity index is 0.000000287. The van der Waals surface area contributed by atoms with Gasteiger partial charge in [0.25, 0.3) is 0 Å². The molecule has 1 radical (unpaired) electrons. The van der Waals surface area contributed by atoms with E-state index in [4.69, 9.17) is 14.5 Å². The number of aromatic nitrogens is 1. The molecule has 7 rings (SSSR count). The number of carbonyl (C=O) groups is 1. The number of benzene rings is 4. The number of hydrogen-bond donors (Lipinski definition) is 1. The quantitative estimate of drug-likeness (QED) is 0.144. The van der Waals surface area contributed by atoms with E-state index in [0.717, 1.165) is 55.1 Å². The van der Waals surface area contributed by atoms with Crippen LogP contribution < -0.4 is 0 Å². The number of hydrogen-bond acceptors (Lipinski definition) is 4. The molecule has 6 aromatic rings. The molecular weight excluding hydrogens is 725 g/mol. The Hall–Kier alpha value is -3.93. The van der Waals surface area contributed by atoms with Crippen LogP contribution in [-0.2, 0) is 20.1 Å². The van der Waals surface area contributed by atoms with Crippen LogP contribution in [0.1, 0.15) is 60.0 Å². The largest absolute Gasteiger partial charge is 0.507 e. The van der Waals surface area contributed by atoms with E-state index < -0.39 is 5.92 Å². The van der Waals surface area contributed by atoms with Crippen LogP contribution in [0.2, 0.25) is 0 Å². The summed E-state index contributed by atoms with van der Waals surface area (Å²) < 4.78 is 33.4. The number of aryl methyl sites for hydroxylation is 1. The van der Waals surface area contributed by atoms with E-state index >= 15 is 0 Å². The van der Waals surface area contributed by atoms with E-state index in [1.807, 2.05) is 31.2 Å². The second kappa shape index (κ2) is 12.4. The number of nitrogens with zero attached hydrogens (tertiary/aromatic N) is 1. The minimum Gasteiger partial charge on any atom is -0.507 e. The second-order valence-electron chi connectivity index (χ2n) is 11.0. The minimum atomic E-state index is -2.51. The number of pyridine rings is 1. The number of rotatable bonds is 3. The van der Waals surface area contributed by atoms with Crippen molar-refractivity contribution in [2.24, 2.45) is 0 Å². The van der Waals surface area contributed by atoms with Crippen LogP contribution in [0.15, 0.2) is 89.5 Å². The molecule has 4 aromatic carbocycles. The third-order valence-corrected chi connectivity index (χ3v) is 8.04. The van der Waals surface area contributed by atoms with Gasteiger partial charge in [-0.05, 0) is 72.0 Å². The summed E-state index contributed by atoms with van der Waals surface area (Å²) in [5, 5.41) is 13.3. The zero-order chi connectivity index (χ0) is 29.4. The predicted octanol–water partition coefficient (Wildman–Crippen LogP) is 9.80. The first kappa shape index (κ1) is 30.5. The van der Waals surface area contributed by atoms with Crippen molar-refractivity contribution in [1.82, 2.24) is 4.98 Å². The van der Waals surface area contributed by atoms with Crippen LogP contribution in [0.5, 0.6) is 5.75 Å². The molecule has 2 aromatic heterocycles. The van der Waals surface area contributed by atoms with E-state index in [1.54, 1.807) is 24.4 Å². The maximum absolute atomic E-state index is 13.6. The smallest absolute Gasteiger partial charge is 0.248 e. The SMILES string of the molecule is CC(=O)c1ccccc1O.Cc1[c-]c(-c2nccc3cc(C4CCC(F)(F)CC4)ccc23)c2oc3ccccc3c2c1.[Ir]. The number of para-hydroxylation sites is 2. The summed E-state index contributed by atoms with van der Waals surface area (Å²) in [6.45, 7) is 3.46. The van der Waals surface area contributed by atoms with Crippen molar-refractivity contribution < 1.29 is 43.2 Å². The number of ketones is 1. The average Bonchev–Trinajstić information content (AvgIpc) is 3.35. The van der Waals surface area contributed by atoms with Crippen molar-refractivity contribution >= 4 is 38.5 Å². The standard InChI is InChI=1S/C28H22F2NO.C8H8O2.Ir/c1-17-14-23-22-4-2-3-5-25(22)32-27(23)24(15-17)26-21-7-6-19(16-20(21)10-13-31-26)18-8-11-28(29,30)12-9-18;1-6(9)7-4-2-3-5-8(7)10;/h2-7,10,13-14,16,18H,8-9,11-12H2,1H3;2-5,10H,1H3;/q-1;;. The summed E-state index contributed by atoms with van der Waals surface area (Å²) in [5.41, 5.74) is 5.85. The van der Waals surface area contributed by atoms with Crippen molar-refractivity contribution in [1.29, 1.82) is 0 Å². The molecule has 0 bridgehead atoms. The van der Waals surface area contributed by atoms with E-state index in [2.05, 4.69) is 36.4 Å². The molecular formula is C36H30F2IrNO3-. The molecule has 1 aliphatic carbocycles. The van der Waals surface area contributed by atoms with Gasteiger partial charge in [-0.25, -0.2) is 8.78 Å². The molecule has 1 fully saturated rings. The second-order valence-corrected chi connectivity index (χ2v) is 11.0. The summed E-state index contributed by atoms with van der Waals surface area (Å²) in [4.78, 5) is 15.4. The van der Waals surface area contributed by atoms with Crippen LogP contribution in [0.25, 0.3) is 44.0 Å². The molecule has 1 N–H and O–H groups in total. The molecule has 221 valence electrons. The fraction of sp³-hybridized carbons (Fsp3) is 0.222. The number of phenolic OH excluding ortho intramolecular Hbond substituents is 1. The Kier molecular flexibility index (Phi) is 8.77. The number of carbonyl (C=O) groups excluding carboxylic acids is 1. The summed E-state index contributed by atoms with van der Waals surface area (Å²) in [5.74, 6) is -2.39. The Morgan fingerprint density at radius 1 is 0.953 bits per heavy atom. The number of halogens is 2. The van der Waals surface area contributed by atoms with Gasteiger partial charge in [0.05, 0.1) is 11.1 Å². The minimum absolute atomic E-state index is 0. The molecule has 0 spiro atoms.